The van der Waals surface area contributed by atoms with Crippen LogP contribution in [0.2, 0.25) is 10.0 Å². The summed E-state index contributed by atoms with van der Waals surface area (Å²) in [7, 11) is 0. The van der Waals surface area contributed by atoms with Crippen molar-refractivity contribution in [3.05, 3.63) is 21.8 Å². The van der Waals surface area contributed by atoms with Gasteiger partial charge < -0.3 is 10.6 Å². The Labute approximate surface area is 152 Å². The Kier molecular flexibility index (Phi) is 6.46. The first kappa shape index (κ1) is 18.3. The Bertz CT molecular complexity index is 708. The normalized spacial score (nSPS) is 10.9. The molecular weight excluding hydrogens is 377 g/mol. The molecule has 2 rings (SSSR count). The van der Waals surface area contributed by atoms with Gasteiger partial charge in [0.15, 0.2) is 10.2 Å². The molecule has 0 saturated heterocycles. The summed E-state index contributed by atoms with van der Waals surface area (Å²) < 4.78 is 0.717. The maximum absolute atomic E-state index is 12.0. The lowest BCUT2D eigenvalue weighted by atomic mass is 10.3. The fourth-order valence-corrected chi connectivity index (χ4v) is 3.60. The van der Waals surface area contributed by atoms with Crippen LogP contribution in [0.1, 0.15) is 19.4 Å². The van der Waals surface area contributed by atoms with E-state index in [0.717, 1.165) is 9.47 Å². The highest BCUT2D eigenvalue weighted by atomic mass is 35.5. The number of amides is 1. The van der Waals surface area contributed by atoms with E-state index in [-0.39, 0.29) is 17.7 Å². The molecule has 0 unspecified atom stereocenters. The minimum atomic E-state index is -0.223. The number of nitrogens with one attached hydrogen (secondary N) is 2. The van der Waals surface area contributed by atoms with Gasteiger partial charge in [0.05, 0.1) is 15.8 Å². The van der Waals surface area contributed by atoms with Crippen molar-refractivity contribution in [2.24, 2.45) is 0 Å². The van der Waals surface area contributed by atoms with Crippen molar-refractivity contribution in [3.63, 3.8) is 0 Å². The molecule has 0 aliphatic heterocycles. The van der Waals surface area contributed by atoms with E-state index >= 15 is 0 Å². The maximum Gasteiger partial charge on any atom is 0.236 e. The zero-order valence-corrected chi connectivity index (χ0v) is 15.8. The van der Waals surface area contributed by atoms with Gasteiger partial charge >= 0.3 is 0 Å². The van der Waals surface area contributed by atoms with E-state index in [2.05, 4.69) is 25.8 Å². The number of hydrogen-bond donors (Lipinski definition) is 2. The van der Waals surface area contributed by atoms with Crippen LogP contribution in [0.5, 0.6) is 0 Å². The van der Waals surface area contributed by atoms with E-state index in [1.807, 2.05) is 13.8 Å². The van der Waals surface area contributed by atoms with Crippen molar-refractivity contribution < 1.29 is 4.79 Å². The van der Waals surface area contributed by atoms with E-state index in [1.165, 1.54) is 29.3 Å². The monoisotopic (exact) mass is 391 g/mol. The van der Waals surface area contributed by atoms with E-state index in [4.69, 9.17) is 23.2 Å². The Morgan fingerprint density at radius 3 is 2.83 bits per heavy atom. The summed E-state index contributed by atoms with van der Waals surface area (Å²) in [5.41, 5.74) is 0.680. The molecular formula is C13H15Cl2N5OS2. The van der Waals surface area contributed by atoms with Crippen LogP contribution in [0, 0.1) is 6.92 Å². The minimum Gasteiger partial charge on any atom is -0.358 e. The van der Waals surface area contributed by atoms with Gasteiger partial charge in [0, 0.05) is 12.2 Å². The van der Waals surface area contributed by atoms with Crippen LogP contribution in [-0.2, 0) is 4.79 Å². The topological polar surface area (TPSA) is 79.8 Å². The number of rotatable bonds is 6. The van der Waals surface area contributed by atoms with Gasteiger partial charge in [-0.2, -0.15) is 0 Å². The summed E-state index contributed by atoms with van der Waals surface area (Å²) in [5, 5.41) is 15.4. The summed E-state index contributed by atoms with van der Waals surface area (Å²) in [4.78, 5) is 16.0. The van der Waals surface area contributed by atoms with Crippen LogP contribution in [0.4, 0.5) is 10.9 Å². The zero-order valence-electron chi connectivity index (χ0n) is 12.7. The van der Waals surface area contributed by atoms with Crippen LogP contribution >= 0.6 is 46.3 Å². The standard InChI is InChI=1S/C13H15Cl2N5OS2/c1-6(2)17-12-19-20-13(23-12)22-5-9(21)18-11-10(15)7(3)8(14)4-16-11/h4,6H,5H2,1-3H3,(H,17,19)(H,16,18,21). The van der Waals surface area contributed by atoms with Crippen LogP contribution in [-0.4, -0.2) is 32.9 Å². The first-order valence-electron chi connectivity index (χ1n) is 6.70. The fraction of sp³-hybridized carbons (Fsp3) is 0.385. The summed E-state index contributed by atoms with van der Waals surface area (Å²) in [6.45, 7) is 5.81. The predicted molar refractivity (Wildman–Crippen MR) is 97.0 cm³/mol. The van der Waals surface area contributed by atoms with Crippen LogP contribution in [0.15, 0.2) is 10.5 Å². The predicted octanol–water partition coefficient (Wildman–Crippen LogP) is 4.10. The average Bonchev–Trinajstić information content (AvgIpc) is 2.92. The second kappa shape index (κ2) is 8.14. The number of anilines is 2. The number of aromatic nitrogens is 3. The van der Waals surface area contributed by atoms with Crippen LogP contribution in [0.3, 0.4) is 0 Å². The first-order valence-corrected chi connectivity index (χ1v) is 9.26. The summed E-state index contributed by atoms with van der Waals surface area (Å²) >= 11 is 14.7. The number of thioether (sulfide) groups is 1. The highest BCUT2D eigenvalue weighted by Gasteiger charge is 2.13. The number of carbonyl (C=O) groups excluding carboxylic acids is 1. The zero-order chi connectivity index (χ0) is 17.0. The molecule has 124 valence electrons. The van der Waals surface area contributed by atoms with Gasteiger partial charge in [-0.1, -0.05) is 46.3 Å². The SMILES string of the molecule is Cc1c(Cl)cnc(NC(=O)CSc2nnc(NC(C)C)s2)c1Cl. The second-order valence-corrected chi connectivity index (χ2v) is 7.89. The number of halogens is 2. The third kappa shape index (κ3) is 5.20. The molecule has 0 radical (unpaired) electrons. The van der Waals surface area contributed by atoms with Crippen molar-refractivity contribution in [2.75, 3.05) is 16.4 Å². The molecule has 0 saturated carbocycles. The number of nitrogens with zero attached hydrogens (tertiary/aromatic N) is 3. The van der Waals surface area contributed by atoms with Gasteiger partial charge in [0.2, 0.25) is 11.0 Å². The summed E-state index contributed by atoms with van der Waals surface area (Å²) in [6.07, 6.45) is 1.46. The van der Waals surface area contributed by atoms with Gasteiger partial charge in [-0.3, -0.25) is 4.79 Å². The van der Waals surface area contributed by atoms with Gasteiger partial charge in [0.1, 0.15) is 0 Å². The van der Waals surface area contributed by atoms with Crippen molar-refractivity contribution in [1.29, 1.82) is 0 Å². The van der Waals surface area contributed by atoms with E-state index in [9.17, 15) is 4.79 Å². The third-order valence-corrected chi connectivity index (χ3v) is 5.44. The van der Waals surface area contributed by atoms with Crippen LogP contribution in [0.25, 0.3) is 0 Å². The lowest BCUT2D eigenvalue weighted by Gasteiger charge is -2.08. The van der Waals surface area contributed by atoms with Gasteiger partial charge in [-0.15, -0.1) is 10.2 Å². The molecule has 0 spiro atoms. The summed E-state index contributed by atoms with van der Waals surface area (Å²) in [5.74, 6) is 0.272. The third-order valence-electron chi connectivity index (χ3n) is 2.61. The molecule has 6 nitrogen and oxygen atoms in total. The smallest absolute Gasteiger partial charge is 0.236 e. The van der Waals surface area contributed by atoms with Gasteiger partial charge in [0.25, 0.3) is 0 Å². The van der Waals surface area contributed by atoms with Crippen molar-refractivity contribution >= 4 is 63.2 Å². The first-order chi connectivity index (χ1) is 10.9. The molecule has 0 aliphatic carbocycles. The molecule has 2 aromatic heterocycles. The number of carbonyl (C=O) groups is 1. The Morgan fingerprint density at radius 1 is 1.39 bits per heavy atom. The van der Waals surface area contributed by atoms with E-state index in [0.29, 0.717) is 21.4 Å². The molecule has 2 N–H and O–H groups in total. The molecule has 10 heteroatoms. The maximum atomic E-state index is 12.0. The second-order valence-electron chi connectivity index (χ2n) is 4.90. The number of pyridine rings is 1. The largest absolute Gasteiger partial charge is 0.358 e. The van der Waals surface area contributed by atoms with Crippen molar-refractivity contribution in [1.82, 2.24) is 15.2 Å². The molecule has 23 heavy (non-hydrogen) atoms. The highest BCUT2D eigenvalue weighted by molar-refractivity contribution is 8.01. The van der Waals surface area contributed by atoms with E-state index in [1.54, 1.807) is 6.92 Å². The summed E-state index contributed by atoms with van der Waals surface area (Å²) in [6, 6.07) is 0.283. The lowest BCUT2D eigenvalue weighted by Crippen LogP contribution is -2.15. The molecule has 0 bridgehead atoms. The molecule has 0 fully saturated rings. The van der Waals surface area contributed by atoms with Crippen LogP contribution < -0.4 is 10.6 Å². The molecule has 2 heterocycles. The van der Waals surface area contributed by atoms with Gasteiger partial charge in [-0.05, 0) is 26.3 Å². The quantitative estimate of drug-likeness (QED) is 0.721. The molecule has 0 aliphatic rings. The fourth-order valence-electron chi connectivity index (χ4n) is 1.51. The molecule has 2 aromatic rings. The van der Waals surface area contributed by atoms with E-state index < -0.39 is 0 Å². The molecule has 1 amide bonds. The Morgan fingerprint density at radius 2 is 2.13 bits per heavy atom. The molecule has 0 atom stereocenters. The highest BCUT2D eigenvalue weighted by Crippen LogP contribution is 2.29. The number of hydrogen-bond acceptors (Lipinski definition) is 7. The van der Waals surface area contributed by atoms with Gasteiger partial charge in [-0.25, -0.2) is 4.98 Å². The average molecular weight is 392 g/mol. The lowest BCUT2D eigenvalue weighted by molar-refractivity contribution is -0.113. The van der Waals surface area contributed by atoms with Crippen molar-refractivity contribution in [3.8, 4) is 0 Å². The van der Waals surface area contributed by atoms with Crippen molar-refractivity contribution in [2.45, 2.75) is 31.2 Å². The molecule has 0 aromatic carbocycles. The minimum absolute atomic E-state index is 0.190. The Hall–Kier alpha value is -1.09. The Balaban J connectivity index is 1.90.